The van der Waals surface area contributed by atoms with Crippen LogP contribution in [0.3, 0.4) is 0 Å². The van der Waals surface area contributed by atoms with Gasteiger partial charge in [-0.25, -0.2) is 4.79 Å². The van der Waals surface area contributed by atoms with Crippen molar-refractivity contribution in [3.63, 3.8) is 0 Å². The second kappa shape index (κ2) is 5.34. The molecule has 2 aromatic rings. The van der Waals surface area contributed by atoms with Crippen molar-refractivity contribution in [1.82, 2.24) is 9.13 Å². The molecule has 0 spiro atoms. The fourth-order valence-corrected chi connectivity index (χ4v) is 1.79. The number of carboxylic acids is 1. The lowest BCUT2D eigenvalue weighted by Crippen LogP contribution is -2.29. The molecule has 0 aliphatic heterocycles. The first-order valence-corrected chi connectivity index (χ1v) is 5.68. The summed E-state index contributed by atoms with van der Waals surface area (Å²) in [6, 6.07) is 8.78. The van der Waals surface area contributed by atoms with Gasteiger partial charge in [0.25, 0.3) is 11.1 Å². The maximum atomic E-state index is 11.7. The van der Waals surface area contributed by atoms with Crippen molar-refractivity contribution < 1.29 is 9.90 Å². The topological polar surface area (TPSA) is 81.3 Å². The summed E-state index contributed by atoms with van der Waals surface area (Å²) in [6.07, 6.45) is 1.59. The molecule has 0 aliphatic carbocycles. The van der Waals surface area contributed by atoms with Crippen LogP contribution in [-0.2, 0) is 13.1 Å². The molecule has 0 unspecified atom stereocenters. The van der Waals surface area contributed by atoms with Crippen molar-refractivity contribution >= 4 is 5.97 Å². The van der Waals surface area contributed by atoms with E-state index in [-0.39, 0.29) is 24.3 Å². The molecule has 2 aromatic heterocycles. The number of aromatic nitrogens is 2. The number of pyridine rings is 2. The Morgan fingerprint density at radius 2 is 1.74 bits per heavy atom. The summed E-state index contributed by atoms with van der Waals surface area (Å²) >= 11 is 0. The summed E-state index contributed by atoms with van der Waals surface area (Å²) in [5.41, 5.74) is -0.677. The van der Waals surface area contributed by atoms with Gasteiger partial charge in [-0.05, 0) is 12.1 Å². The average Bonchev–Trinajstić information content (AvgIpc) is 2.38. The Balaban J connectivity index is 2.30. The minimum absolute atomic E-state index is 0.0866. The predicted octanol–water partition coefficient (Wildman–Crippen LogP) is 0.408. The molecule has 0 aromatic carbocycles. The molecule has 0 saturated heterocycles. The molecule has 0 bridgehead atoms. The van der Waals surface area contributed by atoms with Gasteiger partial charge in [-0.3, -0.25) is 9.59 Å². The van der Waals surface area contributed by atoms with Gasteiger partial charge in [-0.15, -0.1) is 0 Å². The summed E-state index contributed by atoms with van der Waals surface area (Å²) < 4.78 is 2.56. The largest absolute Gasteiger partial charge is 0.477 e. The molecule has 0 aliphatic rings. The van der Waals surface area contributed by atoms with Crippen LogP contribution in [0.5, 0.6) is 0 Å². The van der Waals surface area contributed by atoms with E-state index in [1.54, 1.807) is 18.3 Å². The van der Waals surface area contributed by atoms with Crippen molar-refractivity contribution in [3.05, 3.63) is 69.0 Å². The van der Waals surface area contributed by atoms with E-state index in [1.807, 2.05) is 0 Å². The van der Waals surface area contributed by atoms with Gasteiger partial charge in [0.15, 0.2) is 0 Å². The lowest BCUT2D eigenvalue weighted by Gasteiger charge is -2.10. The lowest BCUT2D eigenvalue weighted by molar-refractivity contribution is 0.0683. The summed E-state index contributed by atoms with van der Waals surface area (Å²) in [7, 11) is 0. The van der Waals surface area contributed by atoms with Gasteiger partial charge in [0.05, 0.1) is 0 Å². The SMILES string of the molecule is O=C(O)c1cccc(=O)n1CCn1ccccc1=O. The van der Waals surface area contributed by atoms with E-state index in [1.165, 1.54) is 28.8 Å². The molecule has 0 atom stereocenters. The van der Waals surface area contributed by atoms with Gasteiger partial charge in [-0.1, -0.05) is 12.1 Å². The highest BCUT2D eigenvalue weighted by Crippen LogP contribution is 1.97. The Morgan fingerprint density at radius 1 is 1.00 bits per heavy atom. The monoisotopic (exact) mass is 260 g/mol. The highest BCUT2D eigenvalue weighted by atomic mass is 16.4. The van der Waals surface area contributed by atoms with Gasteiger partial charge >= 0.3 is 5.97 Å². The maximum Gasteiger partial charge on any atom is 0.352 e. The van der Waals surface area contributed by atoms with E-state index < -0.39 is 11.5 Å². The highest BCUT2D eigenvalue weighted by molar-refractivity contribution is 5.85. The van der Waals surface area contributed by atoms with E-state index in [0.717, 1.165) is 4.57 Å². The molecule has 98 valence electrons. The first kappa shape index (κ1) is 12.8. The van der Waals surface area contributed by atoms with E-state index in [0.29, 0.717) is 0 Å². The second-order valence-corrected chi connectivity index (χ2v) is 3.94. The molecule has 6 nitrogen and oxygen atoms in total. The molecule has 19 heavy (non-hydrogen) atoms. The quantitative estimate of drug-likeness (QED) is 0.863. The van der Waals surface area contributed by atoms with Crippen LogP contribution in [-0.4, -0.2) is 20.2 Å². The summed E-state index contributed by atoms with van der Waals surface area (Å²) in [6.45, 7) is 0.370. The molecule has 0 amide bonds. The van der Waals surface area contributed by atoms with Crippen molar-refractivity contribution in [2.75, 3.05) is 0 Å². The minimum Gasteiger partial charge on any atom is -0.477 e. The fraction of sp³-hybridized carbons (Fsp3) is 0.154. The Morgan fingerprint density at radius 3 is 2.42 bits per heavy atom. The number of hydrogen-bond donors (Lipinski definition) is 1. The number of aromatic carboxylic acids is 1. The van der Waals surface area contributed by atoms with Crippen LogP contribution < -0.4 is 11.1 Å². The number of rotatable bonds is 4. The third-order valence-electron chi connectivity index (χ3n) is 2.73. The zero-order valence-corrected chi connectivity index (χ0v) is 10.0. The van der Waals surface area contributed by atoms with Crippen molar-refractivity contribution in [1.29, 1.82) is 0 Å². The standard InChI is InChI=1S/C13H12N2O4/c16-11-5-1-2-7-14(11)8-9-15-10(13(18)19)4-3-6-12(15)17/h1-7H,8-9H2,(H,18,19). The first-order valence-electron chi connectivity index (χ1n) is 5.68. The average molecular weight is 260 g/mol. The van der Waals surface area contributed by atoms with Crippen LogP contribution in [0.4, 0.5) is 0 Å². The van der Waals surface area contributed by atoms with E-state index >= 15 is 0 Å². The Hall–Kier alpha value is -2.63. The molecule has 0 radical (unpaired) electrons. The van der Waals surface area contributed by atoms with Crippen LogP contribution in [0, 0.1) is 0 Å². The molecular formula is C13H12N2O4. The zero-order chi connectivity index (χ0) is 13.8. The van der Waals surface area contributed by atoms with Gasteiger partial charge in [0.1, 0.15) is 5.69 Å². The summed E-state index contributed by atoms with van der Waals surface area (Å²) in [5.74, 6) is -1.17. The van der Waals surface area contributed by atoms with Crippen molar-refractivity contribution in [2.24, 2.45) is 0 Å². The second-order valence-electron chi connectivity index (χ2n) is 3.94. The molecule has 2 rings (SSSR count). The van der Waals surface area contributed by atoms with Crippen molar-refractivity contribution in [3.8, 4) is 0 Å². The summed E-state index contributed by atoms with van der Waals surface area (Å²) in [4.78, 5) is 34.2. The van der Waals surface area contributed by atoms with E-state index in [2.05, 4.69) is 0 Å². The molecule has 6 heteroatoms. The van der Waals surface area contributed by atoms with Crippen LogP contribution in [0.25, 0.3) is 0 Å². The molecule has 0 saturated carbocycles. The Bertz CT molecular complexity index is 715. The molecular weight excluding hydrogens is 248 g/mol. The van der Waals surface area contributed by atoms with Crippen molar-refractivity contribution in [2.45, 2.75) is 13.1 Å². The van der Waals surface area contributed by atoms with E-state index in [4.69, 9.17) is 5.11 Å². The number of nitrogens with zero attached hydrogens (tertiary/aromatic N) is 2. The van der Waals surface area contributed by atoms with E-state index in [9.17, 15) is 14.4 Å². The van der Waals surface area contributed by atoms with Crippen LogP contribution in [0.1, 0.15) is 10.5 Å². The fourth-order valence-electron chi connectivity index (χ4n) is 1.79. The zero-order valence-electron chi connectivity index (χ0n) is 10.0. The Kier molecular flexibility index (Phi) is 3.61. The van der Waals surface area contributed by atoms with Gasteiger partial charge < -0.3 is 14.2 Å². The first-order chi connectivity index (χ1) is 9.09. The number of aryl methyl sites for hydroxylation is 1. The van der Waals surface area contributed by atoms with Gasteiger partial charge in [0.2, 0.25) is 0 Å². The number of hydrogen-bond acceptors (Lipinski definition) is 3. The lowest BCUT2D eigenvalue weighted by atomic mass is 10.3. The third kappa shape index (κ3) is 2.79. The maximum absolute atomic E-state index is 11.7. The summed E-state index contributed by atoms with van der Waals surface area (Å²) in [5, 5.41) is 9.01. The van der Waals surface area contributed by atoms with Gasteiger partial charge in [0, 0.05) is 31.4 Å². The Labute approximate surface area is 108 Å². The number of carboxylic acid groups (broad SMARTS) is 1. The van der Waals surface area contributed by atoms with Crippen LogP contribution in [0.15, 0.2) is 52.2 Å². The van der Waals surface area contributed by atoms with Crippen LogP contribution in [0.2, 0.25) is 0 Å². The number of carbonyl (C=O) groups is 1. The minimum atomic E-state index is -1.17. The highest BCUT2D eigenvalue weighted by Gasteiger charge is 2.10. The van der Waals surface area contributed by atoms with Gasteiger partial charge in [-0.2, -0.15) is 0 Å². The smallest absolute Gasteiger partial charge is 0.352 e. The third-order valence-corrected chi connectivity index (χ3v) is 2.73. The molecule has 1 N–H and O–H groups in total. The molecule has 2 heterocycles. The van der Waals surface area contributed by atoms with Crippen LogP contribution >= 0.6 is 0 Å². The molecule has 0 fully saturated rings. The predicted molar refractivity (Wildman–Crippen MR) is 68.4 cm³/mol. The normalized spacial score (nSPS) is 10.3.